The van der Waals surface area contributed by atoms with Crippen molar-refractivity contribution in [3.05, 3.63) is 106 Å². The summed E-state index contributed by atoms with van der Waals surface area (Å²) in [6, 6.07) is 21.4. The molecular weight excluding hydrogens is 420 g/mol. The van der Waals surface area contributed by atoms with Crippen molar-refractivity contribution in [3.63, 3.8) is 0 Å². The van der Waals surface area contributed by atoms with Crippen molar-refractivity contribution < 1.29 is 4.79 Å². The molecule has 4 rings (SSSR count). The summed E-state index contributed by atoms with van der Waals surface area (Å²) in [4.78, 5) is 12.7. The molecular formula is C26H25ClN4O. The maximum absolute atomic E-state index is 12.7. The van der Waals surface area contributed by atoms with Gasteiger partial charge >= 0.3 is 0 Å². The van der Waals surface area contributed by atoms with E-state index in [4.69, 9.17) is 11.6 Å². The molecule has 0 aliphatic rings. The van der Waals surface area contributed by atoms with E-state index < -0.39 is 0 Å². The molecule has 0 saturated carbocycles. The molecule has 0 saturated heterocycles. The highest BCUT2D eigenvalue weighted by Gasteiger charge is 2.11. The van der Waals surface area contributed by atoms with Crippen LogP contribution in [0.25, 0.3) is 11.4 Å². The Hall–Kier alpha value is -3.57. The van der Waals surface area contributed by atoms with Gasteiger partial charge in [-0.05, 0) is 88.4 Å². The van der Waals surface area contributed by atoms with Crippen LogP contribution in [0.4, 0.5) is 0 Å². The number of carbonyl (C=O) groups excluding carboxylic acids is 1. The molecule has 0 unspecified atom stereocenters. The lowest BCUT2D eigenvalue weighted by atomic mass is 10.2. The van der Waals surface area contributed by atoms with E-state index in [1.165, 1.54) is 0 Å². The van der Waals surface area contributed by atoms with Gasteiger partial charge in [-0.15, -0.1) is 0 Å². The number of hydrogen-bond donors (Lipinski definition) is 1. The second kappa shape index (κ2) is 8.89. The zero-order chi connectivity index (χ0) is 22.8. The van der Waals surface area contributed by atoms with Crippen LogP contribution in [0.5, 0.6) is 0 Å². The number of halogens is 1. The monoisotopic (exact) mass is 444 g/mol. The van der Waals surface area contributed by atoms with Crippen molar-refractivity contribution in [2.45, 2.75) is 27.7 Å². The van der Waals surface area contributed by atoms with Crippen LogP contribution in [0.3, 0.4) is 0 Å². The highest BCUT2D eigenvalue weighted by molar-refractivity contribution is 6.30. The molecule has 0 aliphatic carbocycles. The zero-order valence-corrected chi connectivity index (χ0v) is 19.3. The van der Waals surface area contributed by atoms with Gasteiger partial charge in [0.25, 0.3) is 5.91 Å². The van der Waals surface area contributed by atoms with Crippen molar-refractivity contribution in [2.75, 3.05) is 0 Å². The Labute approximate surface area is 193 Å². The highest BCUT2D eigenvalue weighted by atomic mass is 35.5. The lowest BCUT2D eigenvalue weighted by Crippen LogP contribution is -2.18. The van der Waals surface area contributed by atoms with Gasteiger partial charge in [0.15, 0.2) is 0 Å². The van der Waals surface area contributed by atoms with Gasteiger partial charge in [0.1, 0.15) is 0 Å². The summed E-state index contributed by atoms with van der Waals surface area (Å²) in [6.07, 6.45) is 1.68. The van der Waals surface area contributed by atoms with E-state index in [9.17, 15) is 4.79 Å². The van der Waals surface area contributed by atoms with Gasteiger partial charge in [-0.25, -0.2) is 5.43 Å². The van der Waals surface area contributed by atoms with Crippen LogP contribution in [0, 0.1) is 27.7 Å². The molecule has 0 bridgehead atoms. The van der Waals surface area contributed by atoms with Gasteiger partial charge in [-0.2, -0.15) is 5.10 Å². The van der Waals surface area contributed by atoms with Crippen LogP contribution in [-0.4, -0.2) is 21.3 Å². The molecule has 32 heavy (non-hydrogen) atoms. The first-order valence-electron chi connectivity index (χ1n) is 10.4. The van der Waals surface area contributed by atoms with Crippen molar-refractivity contribution in [3.8, 4) is 11.4 Å². The Morgan fingerprint density at radius 3 is 2.22 bits per heavy atom. The van der Waals surface area contributed by atoms with Crippen LogP contribution in [0.1, 0.15) is 38.7 Å². The number of amides is 1. The number of nitrogens with one attached hydrogen (secondary N) is 1. The van der Waals surface area contributed by atoms with Gasteiger partial charge in [0.05, 0.1) is 6.21 Å². The largest absolute Gasteiger partial charge is 0.318 e. The third-order valence-corrected chi connectivity index (χ3v) is 5.81. The maximum atomic E-state index is 12.7. The summed E-state index contributed by atoms with van der Waals surface area (Å²) in [6.45, 7) is 8.15. The molecule has 0 atom stereocenters. The molecule has 6 heteroatoms. The van der Waals surface area contributed by atoms with Crippen molar-refractivity contribution in [2.24, 2.45) is 5.10 Å². The van der Waals surface area contributed by atoms with E-state index in [2.05, 4.69) is 31.8 Å². The quantitative estimate of drug-likeness (QED) is 0.301. The number of hydrazone groups is 1. The lowest BCUT2D eigenvalue weighted by Gasteiger charge is -2.10. The average molecular weight is 445 g/mol. The highest BCUT2D eigenvalue weighted by Crippen LogP contribution is 2.21. The molecule has 1 amide bonds. The fourth-order valence-electron chi connectivity index (χ4n) is 3.99. The Bertz CT molecular complexity index is 1290. The average Bonchev–Trinajstić information content (AvgIpc) is 3.26. The first-order valence-corrected chi connectivity index (χ1v) is 10.8. The van der Waals surface area contributed by atoms with Crippen molar-refractivity contribution in [1.29, 1.82) is 0 Å². The minimum absolute atomic E-state index is 0.253. The second-order valence-electron chi connectivity index (χ2n) is 7.84. The van der Waals surface area contributed by atoms with E-state index in [1.54, 1.807) is 12.3 Å². The first kappa shape index (κ1) is 21.7. The van der Waals surface area contributed by atoms with E-state index in [-0.39, 0.29) is 5.91 Å². The van der Waals surface area contributed by atoms with Gasteiger partial charge in [0.2, 0.25) is 0 Å². The lowest BCUT2D eigenvalue weighted by molar-refractivity contribution is 0.0955. The normalized spacial score (nSPS) is 11.3. The Morgan fingerprint density at radius 2 is 1.53 bits per heavy atom. The first-order chi connectivity index (χ1) is 15.3. The third kappa shape index (κ3) is 4.25. The summed E-state index contributed by atoms with van der Waals surface area (Å²) in [5, 5.41) is 4.90. The molecule has 5 nitrogen and oxygen atoms in total. The zero-order valence-electron chi connectivity index (χ0n) is 18.6. The summed E-state index contributed by atoms with van der Waals surface area (Å²) >= 11 is 6.01. The summed E-state index contributed by atoms with van der Waals surface area (Å²) < 4.78 is 4.25. The fourth-order valence-corrected chi connectivity index (χ4v) is 4.12. The summed E-state index contributed by atoms with van der Waals surface area (Å²) in [5.74, 6) is -0.253. The molecule has 2 aromatic carbocycles. The van der Waals surface area contributed by atoms with E-state index in [1.807, 2.05) is 76.2 Å². The van der Waals surface area contributed by atoms with Crippen LogP contribution < -0.4 is 5.43 Å². The number of aromatic nitrogens is 2. The molecule has 0 radical (unpaired) electrons. The van der Waals surface area contributed by atoms with Gasteiger partial charge in [-0.1, -0.05) is 17.7 Å². The minimum atomic E-state index is -0.253. The fraction of sp³-hybridized carbons (Fsp3) is 0.154. The molecule has 0 aliphatic heterocycles. The topological polar surface area (TPSA) is 51.3 Å². The summed E-state index contributed by atoms with van der Waals surface area (Å²) in [5.41, 5.74) is 10.5. The van der Waals surface area contributed by atoms with Gasteiger partial charge < -0.3 is 9.13 Å². The molecule has 0 fully saturated rings. The van der Waals surface area contributed by atoms with Crippen molar-refractivity contribution >= 4 is 23.7 Å². The maximum Gasteiger partial charge on any atom is 0.271 e. The van der Waals surface area contributed by atoms with E-state index in [0.29, 0.717) is 10.6 Å². The van der Waals surface area contributed by atoms with E-state index in [0.717, 1.165) is 39.7 Å². The smallest absolute Gasteiger partial charge is 0.271 e. The van der Waals surface area contributed by atoms with Crippen molar-refractivity contribution in [1.82, 2.24) is 14.6 Å². The molecule has 1 N–H and O–H groups in total. The predicted molar refractivity (Wildman–Crippen MR) is 131 cm³/mol. The molecule has 4 aromatic rings. The molecule has 162 valence electrons. The molecule has 0 spiro atoms. The van der Waals surface area contributed by atoms with Crippen LogP contribution in [0.15, 0.2) is 71.8 Å². The SMILES string of the molecule is Cc1ccc(C)n1-c1cccc(C(=O)N/N=C\c2cc(C)n(-c3ccc(Cl)cc3)c2C)c1. The number of nitrogens with zero attached hydrogens (tertiary/aromatic N) is 3. The van der Waals surface area contributed by atoms with Crippen LogP contribution in [0.2, 0.25) is 5.02 Å². The summed E-state index contributed by atoms with van der Waals surface area (Å²) in [7, 11) is 0. The Morgan fingerprint density at radius 1 is 0.844 bits per heavy atom. The number of hydrogen-bond acceptors (Lipinski definition) is 2. The van der Waals surface area contributed by atoms with E-state index >= 15 is 0 Å². The van der Waals surface area contributed by atoms with Crippen LogP contribution >= 0.6 is 11.6 Å². The number of aryl methyl sites for hydroxylation is 3. The van der Waals surface area contributed by atoms with Gasteiger partial charge in [-0.3, -0.25) is 4.79 Å². The Balaban J connectivity index is 1.52. The Kier molecular flexibility index (Phi) is 6.01. The van der Waals surface area contributed by atoms with Crippen LogP contribution in [-0.2, 0) is 0 Å². The third-order valence-electron chi connectivity index (χ3n) is 5.56. The number of benzene rings is 2. The minimum Gasteiger partial charge on any atom is -0.318 e. The molecule has 2 aromatic heterocycles. The predicted octanol–water partition coefficient (Wildman–Crippen LogP) is 5.92. The molecule has 2 heterocycles. The second-order valence-corrected chi connectivity index (χ2v) is 8.28. The van der Waals surface area contributed by atoms with Gasteiger partial charge in [0, 0.05) is 50.3 Å². The number of carbonyl (C=O) groups is 1. The number of rotatable bonds is 5. The standard InChI is InChI=1S/C26H25ClN4O/c1-17-8-9-18(2)30(17)25-7-5-6-21(15-25)26(32)29-28-16-22-14-19(3)31(20(22)4)24-12-10-23(27)11-13-24/h5-16H,1-4H3,(H,29,32)/b28-16-.